The highest BCUT2D eigenvalue weighted by molar-refractivity contribution is 5.92. The number of carbonyl (C=O) groups is 1. The monoisotopic (exact) mass is 350 g/mol. The number of ether oxygens (including phenoxy) is 1. The molecule has 2 bridgehead atoms. The molecule has 1 amide bonds. The first-order valence-corrected chi connectivity index (χ1v) is 8.84. The molecule has 1 heterocycles. The molecule has 5 heteroatoms. The fraction of sp³-hybridized carbons (Fsp3) is 0.632. The van der Waals surface area contributed by atoms with E-state index in [1.54, 1.807) is 6.07 Å². The van der Waals surface area contributed by atoms with Gasteiger partial charge in [0, 0.05) is 43.6 Å². The van der Waals surface area contributed by atoms with Gasteiger partial charge in [-0.2, -0.15) is 0 Å². The topological polar surface area (TPSA) is 55.6 Å². The van der Waals surface area contributed by atoms with Gasteiger partial charge in [0.2, 0.25) is 5.91 Å². The number of benzene rings is 1. The molecule has 24 heavy (non-hydrogen) atoms. The molecule has 4 rings (SSSR count). The number of hydrogen-bond donors (Lipinski definition) is 1. The second kappa shape index (κ2) is 6.66. The first kappa shape index (κ1) is 17.7. The Balaban J connectivity index is 0.00000169. The summed E-state index contributed by atoms with van der Waals surface area (Å²) in [5, 5.41) is 0. The normalized spacial score (nSPS) is 32.9. The summed E-state index contributed by atoms with van der Waals surface area (Å²) in [5.41, 5.74) is 6.96. The van der Waals surface area contributed by atoms with E-state index in [0.717, 1.165) is 24.7 Å². The molecule has 1 saturated heterocycles. The number of primary amides is 1. The standard InChI is InChI=1S/C19H26N2O2.ClH/c1-23-19(14-5-2-4-13(10-14)18(20)22)15-6-3-7-16(19)12-21(11-15)17-8-9-17;/h2,4-5,10,15-17H,3,6-9,11-12H2,1H3,(H2,20,22);1H/t15-,16+,19+;. The molecule has 1 aromatic rings. The van der Waals surface area contributed by atoms with E-state index < -0.39 is 0 Å². The predicted molar refractivity (Wildman–Crippen MR) is 96.3 cm³/mol. The number of methoxy groups -OCH3 is 1. The number of halogens is 1. The first-order valence-electron chi connectivity index (χ1n) is 8.84. The van der Waals surface area contributed by atoms with Crippen LogP contribution in [0.2, 0.25) is 0 Å². The van der Waals surface area contributed by atoms with Crippen molar-refractivity contribution in [3.8, 4) is 0 Å². The molecule has 0 radical (unpaired) electrons. The van der Waals surface area contributed by atoms with Gasteiger partial charge < -0.3 is 10.5 Å². The molecule has 3 atom stereocenters. The lowest BCUT2D eigenvalue weighted by Gasteiger charge is -2.55. The number of amides is 1. The quantitative estimate of drug-likeness (QED) is 0.908. The Morgan fingerprint density at radius 1 is 1.21 bits per heavy atom. The number of hydrogen-bond acceptors (Lipinski definition) is 3. The van der Waals surface area contributed by atoms with Gasteiger partial charge in [-0.15, -0.1) is 12.4 Å². The van der Waals surface area contributed by atoms with Crippen molar-refractivity contribution in [3.63, 3.8) is 0 Å². The molecule has 0 unspecified atom stereocenters. The number of nitrogens with zero attached hydrogens (tertiary/aromatic N) is 1. The van der Waals surface area contributed by atoms with Crippen LogP contribution in [0, 0.1) is 11.8 Å². The number of carbonyl (C=O) groups excluding carboxylic acids is 1. The van der Waals surface area contributed by atoms with Gasteiger partial charge in [0.15, 0.2) is 0 Å². The molecule has 2 N–H and O–H groups in total. The van der Waals surface area contributed by atoms with Gasteiger partial charge in [-0.1, -0.05) is 18.6 Å². The zero-order valence-electron chi connectivity index (χ0n) is 14.2. The molecule has 0 spiro atoms. The lowest BCUT2D eigenvalue weighted by Crippen LogP contribution is -2.59. The summed E-state index contributed by atoms with van der Waals surface area (Å²) in [7, 11) is 1.84. The average molecular weight is 351 g/mol. The van der Waals surface area contributed by atoms with Gasteiger partial charge in [-0.3, -0.25) is 9.69 Å². The third kappa shape index (κ3) is 2.75. The first-order chi connectivity index (χ1) is 11.1. The molecule has 132 valence electrons. The zero-order chi connectivity index (χ0) is 16.0. The van der Waals surface area contributed by atoms with E-state index in [9.17, 15) is 4.79 Å². The minimum Gasteiger partial charge on any atom is -0.373 e. The highest BCUT2D eigenvalue weighted by Gasteiger charge is 2.54. The summed E-state index contributed by atoms with van der Waals surface area (Å²) in [4.78, 5) is 14.3. The van der Waals surface area contributed by atoms with Crippen molar-refractivity contribution in [1.82, 2.24) is 4.90 Å². The van der Waals surface area contributed by atoms with Crippen molar-refractivity contribution in [3.05, 3.63) is 35.4 Å². The van der Waals surface area contributed by atoms with Crippen LogP contribution >= 0.6 is 12.4 Å². The van der Waals surface area contributed by atoms with Gasteiger partial charge in [-0.05, 0) is 43.4 Å². The van der Waals surface area contributed by atoms with Gasteiger partial charge in [0.1, 0.15) is 5.60 Å². The van der Waals surface area contributed by atoms with Gasteiger partial charge in [-0.25, -0.2) is 0 Å². The summed E-state index contributed by atoms with van der Waals surface area (Å²) in [6.45, 7) is 2.24. The summed E-state index contributed by atoms with van der Waals surface area (Å²) in [6, 6.07) is 8.63. The smallest absolute Gasteiger partial charge is 0.248 e. The average Bonchev–Trinajstić information content (AvgIpc) is 3.38. The number of rotatable bonds is 4. The molecule has 3 fully saturated rings. The van der Waals surface area contributed by atoms with Crippen LogP contribution < -0.4 is 5.73 Å². The van der Waals surface area contributed by atoms with Crippen molar-refractivity contribution >= 4 is 18.3 Å². The van der Waals surface area contributed by atoms with Crippen molar-refractivity contribution in [2.75, 3.05) is 20.2 Å². The van der Waals surface area contributed by atoms with Crippen molar-refractivity contribution in [2.45, 2.75) is 43.7 Å². The minimum absolute atomic E-state index is 0. The fourth-order valence-corrected chi connectivity index (χ4v) is 5.04. The second-order valence-corrected chi connectivity index (χ2v) is 7.45. The molecule has 4 nitrogen and oxygen atoms in total. The molecule has 3 aliphatic rings. The Hall–Kier alpha value is -1.10. The largest absolute Gasteiger partial charge is 0.373 e. The van der Waals surface area contributed by atoms with Crippen LogP contribution in [0.4, 0.5) is 0 Å². The Morgan fingerprint density at radius 2 is 1.88 bits per heavy atom. The third-order valence-corrected chi connectivity index (χ3v) is 6.23. The summed E-state index contributed by atoms with van der Waals surface area (Å²) in [5.74, 6) is 0.645. The van der Waals surface area contributed by atoms with Gasteiger partial charge in [0.25, 0.3) is 0 Å². The van der Waals surface area contributed by atoms with Crippen LogP contribution in [-0.2, 0) is 10.3 Å². The van der Waals surface area contributed by atoms with Crippen LogP contribution in [0.25, 0.3) is 0 Å². The Labute approximate surface area is 150 Å². The fourth-order valence-electron chi connectivity index (χ4n) is 5.04. The van der Waals surface area contributed by atoms with Crippen LogP contribution in [0.5, 0.6) is 0 Å². The number of piperidine rings is 1. The number of nitrogens with two attached hydrogens (primary N) is 1. The summed E-state index contributed by atoms with van der Waals surface area (Å²) < 4.78 is 6.24. The van der Waals surface area contributed by atoms with Crippen LogP contribution in [-0.4, -0.2) is 37.0 Å². The maximum Gasteiger partial charge on any atom is 0.248 e. The van der Waals surface area contributed by atoms with E-state index in [2.05, 4.69) is 11.0 Å². The predicted octanol–water partition coefficient (Wildman–Crippen LogP) is 2.94. The van der Waals surface area contributed by atoms with E-state index in [1.807, 2.05) is 19.2 Å². The van der Waals surface area contributed by atoms with E-state index in [-0.39, 0.29) is 23.9 Å². The van der Waals surface area contributed by atoms with E-state index >= 15 is 0 Å². The zero-order valence-corrected chi connectivity index (χ0v) is 15.1. The summed E-state index contributed by atoms with van der Waals surface area (Å²) >= 11 is 0. The number of likely N-dealkylation sites (tertiary alicyclic amines) is 1. The minimum atomic E-state index is -0.362. The van der Waals surface area contributed by atoms with Gasteiger partial charge >= 0.3 is 0 Å². The Kier molecular flexibility index (Phi) is 4.92. The van der Waals surface area contributed by atoms with E-state index in [4.69, 9.17) is 10.5 Å². The van der Waals surface area contributed by atoms with Crippen molar-refractivity contribution < 1.29 is 9.53 Å². The lowest BCUT2D eigenvalue weighted by atomic mass is 9.62. The van der Waals surface area contributed by atoms with Crippen molar-refractivity contribution in [2.24, 2.45) is 17.6 Å². The molecular formula is C19H27ClN2O2. The Bertz CT molecular complexity index is 603. The maximum absolute atomic E-state index is 11.6. The highest BCUT2D eigenvalue weighted by Crippen LogP contribution is 2.52. The molecular weight excluding hydrogens is 324 g/mol. The van der Waals surface area contributed by atoms with Crippen LogP contribution in [0.15, 0.2) is 24.3 Å². The third-order valence-electron chi connectivity index (χ3n) is 6.23. The van der Waals surface area contributed by atoms with Crippen LogP contribution in [0.3, 0.4) is 0 Å². The van der Waals surface area contributed by atoms with Crippen molar-refractivity contribution in [1.29, 1.82) is 0 Å². The van der Waals surface area contributed by atoms with E-state index in [1.165, 1.54) is 32.1 Å². The molecule has 2 aliphatic carbocycles. The van der Waals surface area contributed by atoms with E-state index in [0.29, 0.717) is 17.4 Å². The summed E-state index contributed by atoms with van der Waals surface area (Å²) in [6.07, 6.45) is 6.41. The molecule has 0 aromatic heterocycles. The highest BCUT2D eigenvalue weighted by atomic mass is 35.5. The molecule has 1 aliphatic heterocycles. The maximum atomic E-state index is 11.6. The Morgan fingerprint density at radius 3 is 2.42 bits per heavy atom. The second-order valence-electron chi connectivity index (χ2n) is 7.45. The SMILES string of the molecule is CO[C@@]1(c2cccc(C(N)=O)c2)[C@@H]2CCC[C@H]1CN(C1CC1)C2.Cl. The lowest BCUT2D eigenvalue weighted by molar-refractivity contribution is -0.170. The molecule has 1 aromatic carbocycles. The molecule has 2 saturated carbocycles. The van der Waals surface area contributed by atoms with Crippen LogP contribution in [0.1, 0.15) is 48.0 Å². The van der Waals surface area contributed by atoms with Gasteiger partial charge in [0.05, 0.1) is 0 Å². The number of fused-ring (bicyclic) bond motifs is 2.